The maximum absolute atomic E-state index is 13.2. The standard InChI is InChI=1S/C24H31N3O4/c25-23(26-17-21-11-6-16-30-21)27-14-12-20(13-15-27)31-22(28)24(29,19-9-4-5-10-19)18-7-2-1-3-8-18/h1-3,6-8,11,16,19-20,29H,4-5,9-10,12-15,17H2,(H2,25,26)/t24-/m0/s1. The van der Waals surface area contributed by atoms with Crippen molar-refractivity contribution in [1.29, 1.82) is 0 Å². The van der Waals surface area contributed by atoms with Crippen LogP contribution in [0.3, 0.4) is 0 Å². The van der Waals surface area contributed by atoms with Gasteiger partial charge in [0.1, 0.15) is 18.4 Å². The monoisotopic (exact) mass is 425 g/mol. The lowest BCUT2D eigenvalue weighted by atomic mass is 9.80. The molecule has 1 aliphatic carbocycles. The third kappa shape index (κ3) is 4.77. The molecule has 0 radical (unpaired) electrons. The third-order valence-electron chi connectivity index (χ3n) is 6.49. The second kappa shape index (κ2) is 9.56. The Labute approximate surface area is 182 Å². The van der Waals surface area contributed by atoms with Crippen molar-refractivity contribution < 1.29 is 19.1 Å². The molecule has 7 heteroatoms. The van der Waals surface area contributed by atoms with E-state index < -0.39 is 11.6 Å². The summed E-state index contributed by atoms with van der Waals surface area (Å²) in [5, 5.41) is 11.5. The molecule has 1 saturated heterocycles. The first-order valence-corrected chi connectivity index (χ1v) is 11.1. The lowest BCUT2D eigenvalue weighted by Gasteiger charge is -2.36. The second-order valence-electron chi connectivity index (χ2n) is 8.46. The number of carbonyl (C=O) groups is 1. The molecule has 1 aliphatic heterocycles. The molecule has 4 rings (SSSR count). The summed E-state index contributed by atoms with van der Waals surface area (Å²) in [4.78, 5) is 19.6. The number of hydrogen-bond donors (Lipinski definition) is 2. The van der Waals surface area contributed by atoms with E-state index in [0.29, 0.717) is 44.0 Å². The minimum absolute atomic E-state index is 0.105. The van der Waals surface area contributed by atoms with Gasteiger partial charge in [-0.15, -0.1) is 0 Å². The van der Waals surface area contributed by atoms with Crippen LogP contribution in [0.2, 0.25) is 0 Å². The van der Waals surface area contributed by atoms with Gasteiger partial charge in [0.2, 0.25) is 0 Å². The first-order chi connectivity index (χ1) is 15.1. The van der Waals surface area contributed by atoms with Gasteiger partial charge >= 0.3 is 5.97 Å². The van der Waals surface area contributed by atoms with Crippen LogP contribution >= 0.6 is 0 Å². The summed E-state index contributed by atoms with van der Waals surface area (Å²) < 4.78 is 11.1. The second-order valence-corrected chi connectivity index (χ2v) is 8.46. The number of furan rings is 1. The minimum Gasteiger partial charge on any atom is -0.467 e. The smallest absolute Gasteiger partial charge is 0.343 e. The van der Waals surface area contributed by atoms with Crippen molar-refractivity contribution in [2.45, 2.75) is 56.8 Å². The Hall–Kier alpha value is -2.80. The van der Waals surface area contributed by atoms with E-state index in [4.69, 9.17) is 14.9 Å². The van der Waals surface area contributed by atoms with E-state index in [1.54, 1.807) is 6.26 Å². The van der Waals surface area contributed by atoms with Crippen LogP contribution in [0.4, 0.5) is 0 Å². The highest BCUT2D eigenvalue weighted by atomic mass is 16.6. The first-order valence-electron chi connectivity index (χ1n) is 11.1. The van der Waals surface area contributed by atoms with Gasteiger partial charge in [-0.25, -0.2) is 9.79 Å². The fourth-order valence-electron chi connectivity index (χ4n) is 4.66. The molecular weight excluding hydrogens is 394 g/mol. The Morgan fingerprint density at radius 3 is 2.48 bits per heavy atom. The molecule has 31 heavy (non-hydrogen) atoms. The lowest BCUT2D eigenvalue weighted by molar-refractivity contribution is -0.181. The van der Waals surface area contributed by atoms with Gasteiger partial charge in [-0.2, -0.15) is 0 Å². The molecule has 7 nitrogen and oxygen atoms in total. The summed E-state index contributed by atoms with van der Waals surface area (Å²) in [5.74, 6) is 0.599. The Kier molecular flexibility index (Phi) is 6.61. The predicted molar refractivity (Wildman–Crippen MR) is 117 cm³/mol. The van der Waals surface area contributed by atoms with Crippen LogP contribution in [-0.4, -0.2) is 41.1 Å². The van der Waals surface area contributed by atoms with Gasteiger partial charge < -0.3 is 24.9 Å². The number of nitrogens with zero attached hydrogens (tertiary/aromatic N) is 2. The topological polar surface area (TPSA) is 101 Å². The van der Waals surface area contributed by atoms with Crippen molar-refractivity contribution in [2.24, 2.45) is 16.6 Å². The minimum atomic E-state index is -1.58. The zero-order chi connectivity index (χ0) is 21.7. The van der Waals surface area contributed by atoms with Crippen molar-refractivity contribution >= 4 is 11.9 Å². The normalized spacial score (nSPS) is 20.5. The van der Waals surface area contributed by atoms with Crippen LogP contribution in [0, 0.1) is 5.92 Å². The average molecular weight is 426 g/mol. The summed E-state index contributed by atoms with van der Waals surface area (Å²) in [6.45, 7) is 1.70. The number of piperidine rings is 1. The molecule has 2 aliphatic rings. The van der Waals surface area contributed by atoms with Crippen LogP contribution < -0.4 is 5.73 Å². The molecule has 1 aromatic carbocycles. The van der Waals surface area contributed by atoms with Gasteiger partial charge in [-0.3, -0.25) is 0 Å². The number of esters is 1. The largest absolute Gasteiger partial charge is 0.467 e. The van der Waals surface area contributed by atoms with Crippen molar-refractivity contribution in [3.63, 3.8) is 0 Å². The Morgan fingerprint density at radius 1 is 1.13 bits per heavy atom. The van der Waals surface area contributed by atoms with E-state index in [9.17, 15) is 9.90 Å². The van der Waals surface area contributed by atoms with E-state index in [-0.39, 0.29) is 12.0 Å². The van der Waals surface area contributed by atoms with Gasteiger partial charge in [0, 0.05) is 31.8 Å². The Bertz CT molecular complexity index is 869. The number of rotatable bonds is 6. The molecule has 0 bridgehead atoms. The van der Waals surface area contributed by atoms with Crippen molar-refractivity contribution in [3.8, 4) is 0 Å². The van der Waals surface area contributed by atoms with Gasteiger partial charge in [0.15, 0.2) is 11.6 Å². The molecule has 2 fully saturated rings. The van der Waals surface area contributed by atoms with Gasteiger partial charge in [-0.1, -0.05) is 43.2 Å². The number of guanidine groups is 1. The third-order valence-corrected chi connectivity index (χ3v) is 6.49. The van der Waals surface area contributed by atoms with Crippen molar-refractivity contribution in [3.05, 3.63) is 60.1 Å². The summed E-state index contributed by atoms with van der Waals surface area (Å²) in [5.41, 5.74) is 5.17. The van der Waals surface area contributed by atoms with Crippen molar-refractivity contribution in [2.75, 3.05) is 13.1 Å². The molecule has 1 aromatic heterocycles. The maximum atomic E-state index is 13.2. The summed E-state index contributed by atoms with van der Waals surface area (Å²) in [6.07, 6.45) is 6.41. The van der Waals surface area contributed by atoms with Crippen LogP contribution in [0.25, 0.3) is 0 Å². The predicted octanol–water partition coefficient (Wildman–Crippen LogP) is 3.18. The van der Waals surface area contributed by atoms with E-state index in [1.807, 2.05) is 47.4 Å². The molecule has 0 amide bonds. The summed E-state index contributed by atoms with van der Waals surface area (Å²) >= 11 is 0. The summed E-state index contributed by atoms with van der Waals surface area (Å²) in [7, 11) is 0. The molecule has 166 valence electrons. The van der Waals surface area contributed by atoms with Gasteiger partial charge in [0.05, 0.1) is 6.26 Å². The zero-order valence-electron chi connectivity index (χ0n) is 17.8. The molecule has 0 spiro atoms. The summed E-state index contributed by atoms with van der Waals surface area (Å²) in [6, 6.07) is 12.9. The fourth-order valence-corrected chi connectivity index (χ4v) is 4.66. The molecule has 2 heterocycles. The zero-order valence-corrected chi connectivity index (χ0v) is 17.8. The molecule has 1 atom stereocenters. The van der Waals surface area contributed by atoms with Crippen LogP contribution in [0.15, 0.2) is 58.1 Å². The highest BCUT2D eigenvalue weighted by Crippen LogP contribution is 2.42. The van der Waals surface area contributed by atoms with Crippen molar-refractivity contribution in [1.82, 2.24) is 4.90 Å². The number of ether oxygens (including phenoxy) is 1. The number of aliphatic hydroxyl groups is 1. The Morgan fingerprint density at radius 2 is 1.84 bits per heavy atom. The lowest BCUT2D eigenvalue weighted by Crippen LogP contribution is -2.48. The molecular formula is C24H31N3O4. The quantitative estimate of drug-likeness (QED) is 0.419. The highest BCUT2D eigenvalue weighted by Gasteiger charge is 2.48. The molecule has 1 saturated carbocycles. The van der Waals surface area contributed by atoms with E-state index in [0.717, 1.165) is 31.4 Å². The van der Waals surface area contributed by atoms with Crippen LogP contribution in [0.5, 0.6) is 0 Å². The van der Waals surface area contributed by atoms with Crippen LogP contribution in [-0.2, 0) is 21.7 Å². The Balaban J connectivity index is 1.36. The fraction of sp³-hybridized carbons (Fsp3) is 0.500. The number of hydrogen-bond acceptors (Lipinski definition) is 5. The van der Waals surface area contributed by atoms with E-state index >= 15 is 0 Å². The van der Waals surface area contributed by atoms with Gasteiger partial charge in [-0.05, 0) is 30.5 Å². The van der Waals surface area contributed by atoms with E-state index in [2.05, 4.69) is 4.99 Å². The number of benzene rings is 1. The molecule has 3 N–H and O–H groups in total. The number of nitrogens with two attached hydrogens (primary N) is 1. The number of likely N-dealkylation sites (tertiary alicyclic amines) is 1. The SMILES string of the molecule is NC(=NCc1ccco1)N1CCC(OC(=O)[C@](O)(c2ccccc2)C2CCCC2)CC1. The average Bonchev–Trinajstić information content (AvgIpc) is 3.52. The van der Waals surface area contributed by atoms with Gasteiger partial charge in [0.25, 0.3) is 0 Å². The molecule has 0 unspecified atom stereocenters. The number of aliphatic imine (C=N–C) groups is 1. The van der Waals surface area contributed by atoms with E-state index in [1.165, 1.54) is 0 Å². The molecule has 2 aromatic rings. The number of carbonyl (C=O) groups excluding carboxylic acids is 1. The van der Waals surface area contributed by atoms with Crippen LogP contribution in [0.1, 0.15) is 49.8 Å². The maximum Gasteiger partial charge on any atom is 0.343 e. The highest BCUT2D eigenvalue weighted by molar-refractivity contribution is 5.82. The first kappa shape index (κ1) is 21.4.